The summed E-state index contributed by atoms with van der Waals surface area (Å²) in [5.74, 6) is 0. The third-order valence-corrected chi connectivity index (χ3v) is 69.3. The molecule has 0 atom stereocenters. The second-order valence-electron chi connectivity index (χ2n) is 5.05. The SMILES string of the molecule is CC[PH](CC)(CC)[Ni]([Br])([Br])([CH]=O)[PH](CC)(CC)CC. The number of carbonyl (C=O) groups is 1. The Bertz CT molecular complexity index is 275. The van der Waals surface area contributed by atoms with Crippen LogP contribution in [-0.4, -0.2) is 42.2 Å². The molecule has 0 aliphatic carbocycles. The number of halogens is 2. The van der Waals surface area contributed by atoms with E-state index < -0.39 is 19.0 Å². The van der Waals surface area contributed by atoms with E-state index in [-0.39, 0.29) is 0 Å². The fourth-order valence-corrected chi connectivity index (χ4v) is 69.5. The molecule has 1 nitrogen and oxygen atoms in total. The summed E-state index contributed by atoms with van der Waals surface area (Å²) in [5.41, 5.74) is 0. The van der Waals surface area contributed by atoms with E-state index in [0.717, 1.165) is 0 Å². The van der Waals surface area contributed by atoms with Crippen molar-refractivity contribution >= 4 is 45.8 Å². The second-order valence-corrected chi connectivity index (χ2v) is 48.0. The van der Waals surface area contributed by atoms with Crippen molar-refractivity contribution in [3.8, 4) is 0 Å². The molecule has 0 aromatic carbocycles. The van der Waals surface area contributed by atoms with Gasteiger partial charge in [-0.15, -0.1) is 0 Å². The summed E-state index contributed by atoms with van der Waals surface area (Å²) in [5, 5.41) is 1.39. The molecule has 0 aliphatic heterocycles. The molecule has 6 heteroatoms. The Morgan fingerprint density at radius 2 is 0.947 bits per heavy atom. The third-order valence-electron chi connectivity index (χ3n) is 5.03. The first kappa shape index (κ1) is 21.0. The maximum atomic E-state index is 12.4. The molecule has 0 rings (SSSR count). The van der Waals surface area contributed by atoms with Gasteiger partial charge >= 0.3 is 136 Å². The molecule has 0 aromatic heterocycles. The van der Waals surface area contributed by atoms with Gasteiger partial charge in [-0.05, 0) is 0 Å². The third kappa shape index (κ3) is 2.81. The van der Waals surface area contributed by atoms with Crippen LogP contribution in [0.5, 0.6) is 0 Å². The van der Waals surface area contributed by atoms with E-state index in [1.165, 1.54) is 42.2 Å². The molecule has 0 radical (unpaired) electrons. The summed E-state index contributed by atoms with van der Waals surface area (Å²) in [4.78, 5) is 12.4. The molecule has 0 N–H and O–H groups in total. The fraction of sp³-hybridized carbons (Fsp3) is 0.923. The van der Waals surface area contributed by atoms with E-state index in [1.54, 1.807) is 0 Å². The molecule has 0 aliphatic rings. The van der Waals surface area contributed by atoms with Crippen molar-refractivity contribution < 1.29 is 11.7 Å². The van der Waals surface area contributed by atoms with Crippen LogP contribution in [0.2, 0.25) is 0 Å². The predicted octanol–water partition coefficient (Wildman–Crippen LogP) is 5.94. The van der Waals surface area contributed by atoms with Crippen LogP contribution >= 0.6 is 40.5 Å². The summed E-state index contributed by atoms with van der Waals surface area (Å²) >= 11 is 8.37. The molecule has 0 bridgehead atoms. The van der Waals surface area contributed by atoms with Gasteiger partial charge in [-0.2, -0.15) is 0 Å². The van der Waals surface area contributed by atoms with E-state index in [4.69, 9.17) is 0 Å². The standard InChI is InChI=1S/2C6H15P.CHO.2BrH.Ni/c2*1-4-7(5-2)6-3;1-2;;;/h2*4-6H2,1-3H3;1H;2*1H;. The summed E-state index contributed by atoms with van der Waals surface area (Å²) in [6.07, 6.45) is 7.22. The van der Waals surface area contributed by atoms with Gasteiger partial charge in [0, 0.05) is 0 Å². The quantitative estimate of drug-likeness (QED) is 0.224. The first-order valence-electron chi connectivity index (χ1n) is 7.34. The van der Waals surface area contributed by atoms with Crippen LogP contribution in [0.3, 0.4) is 0 Å². The van der Waals surface area contributed by atoms with E-state index >= 15 is 0 Å². The number of hydrogen-bond donors (Lipinski definition) is 0. The zero-order valence-corrected chi connectivity index (χ0v) is 19.5. The minimum atomic E-state index is -2.37. The molecular formula is C13H33Br2NiOP2. The summed E-state index contributed by atoms with van der Waals surface area (Å²) in [7, 11) is 0. The van der Waals surface area contributed by atoms with Gasteiger partial charge in [0.1, 0.15) is 0 Å². The van der Waals surface area contributed by atoms with Crippen LogP contribution in [0.4, 0.5) is 0 Å². The van der Waals surface area contributed by atoms with Crippen molar-refractivity contribution in [2.24, 2.45) is 0 Å². The molecule has 0 fully saturated rings. The van der Waals surface area contributed by atoms with Crippen molar-refractivity contribution in [2.45, 2.75) is 41.5 Å². The Hall–Kier alpha value is 1.98. The van der Waals surface area contributed by atoms with Gasteiger partial charge in [-0.3, -0.25) is 0 Å². The van der Waals surface area contributed by atoms with Gasteiger partial charge in [0.05, 0.1) is 0 Å². The molecule has 0 heterocycles. The van der Waals surface area contributed by atoms with E-state index in [0.29, 0.717) is 0 Å². The summed E-state index contributed by atoms with van der Waals surface area (Å²) in [6.45, 7) is 11.5. The Morgan fingerprint density at radius 3 is 1.05 bits per heavy atom. The van der Waals surface area contributed by atoms with Crippen LogP contribution < -0.4 is 0 Å². The first-order chi connectivity index (χ1) is 8.73. The van der Waals surface area contributed by atoms with Gasteiger partial charge in [0.2, 0.25) is 0 Å². The van der Waals surface area contributed by atoms with Crippen molar-refractivity contribution in [2.75, 3.05) is 37.0 Å². The first-order valence-corrected chi connectivity index (χ1v) is 20.6. The molecule has 0 unspecified atom stereocenters. The molecule has 125 valence electrons. The van der Waals surface area contributed by atoms with E-state index in [1.807, 2.05) is 0 Å². The van der Waals surface area contributed by atoms with Crippen molar-refractivity contribution in [3.63, 3.8) is 0 Å². The zero-order chi connectivity index (χ0) is 15.4. The van der Waals surface area contributed by atoms with Crippen LogP contribution in [-0.2, 0) is 11.7 Å². The monoisotopic (exact) mass is 483 g/mol. The summed E-state index contributed by atoms with van der Waals surface area (Å²) < 4.78 is 0. The molecule has 0 saturated carbocycles. The van der Waals surface area contributed by atoms with Crippen LogP contribution in [0.25, 0.3) is 0 Å². The topological polar surface area (TPSA) is 17.1 Å². The normalized spacial score (nSPS) is 17.6. The Balaban J connectivity index is 6.38. The zero-order valence-electron chi connectivity index (χ0n) is 13.3. The number of hydrogen-bond acceptors (Lipinski definition) is 1. The van der Waals surface area contributed by atoms with Crippen LogP contribution in [0, 0.1) is 0 Å². The van der Waals surface area contributed by atoms with Gasteiger partial charge < -0.3 is 0 Å². The molecule has 0 saturated heterocycles. The maximum absolute atomic E-state index is 12.4. The average molecular weight is 486 g/mol. The fourth-order valence-electron chi connectivity index (χ4n) is 3.24. The van der Waals surface area contributed by atoms with Crippen molar-refractivity contribution in [1.82, 2.24) is 0 Å². The molecule has 0 aromatic rings. The van der Waals surface area contributed by atoms with E-state index in [2.05, 4.69) is 70.0 Å². The van der Waals surface area contributed by atoms with Crippen LogP contribution in [0.1, 0.15) is 41.5 Å². The number of carbonyl (C=O) groups excluding carboxylic acids is 1. The van der Waals surface area contributed by atoms with Crippen LogP contribution in [0.15, 0.2) is 0 Å². The average Bonchev–Trinajstić information content (AvgIpc) is 2.43. The van der Waals surface area contributed by atoms with Gasteiger partial charge in [0.15, 0.2) is 0 Å². The number of rotatable bonds is 9. The molecule has 19 heavy (non-hydrogen) atoms. The molecule has 0 spiro atoms. The Labute approximate surface area is 135 Å². The van der Waals surface area contributed by atoms with Crippen molar-refractivity contribution in [3.05, 3.63) is 0 Å². The summed E-state index contributed by atoms with van der Waals surface area (Å²) in [6, 6.07) is -3.30. The van der Waals surface area contributed by atoms with Gasteiger partial charge in [0.25, 0.3) is 0 Å². The Morgan fingerprint density at radius 1 is 0.737 bits per heavy atom. The molecular weight excluding hydrogens is 453 g/mol. The predicted molar refractivity (Wildman–Crippen MR) is 104 cm³/mol. The molecule has 0 amide bonds. The Kier molecular flexibility index (Phi) is 8.28. The van der Waals surface area contributed by atoms with Gasteiger partial charge in [-0.1, -0.05) is 0 Å². The van der Waals surface area contributed by atoms with Crippen molar-refractivity contribution in [1.29, 1.82) is 0 Å². The van der Waals surface area contributed by atoms with Gasteiger partial charge in [-0.25, -0.2) is 0 Å². The second kappa shape index (κ2) is 7.50. The van der Waals surface area contributed by atoms with E-state index in [9.17, 15) is 4.79 Å². The minimum absolute atomic E-state index is 1.20.